The van der Waals surface area contributed by atoms with Gasteiger partial charge in [0.1, 0.15) is 6.61 Å². The van der Waals surface area contributed by atoms with Crippen molar-refractivity contribution in [1.82, 2.24) is 14.7 Å². The van der Waals surface area contributed by atoms with Crippen molar-refractivity contribution in [3.8, 4) is 5.88 Å². The largest absolute Gasteiger partial charge is 0.474 e. The van der Waals surface area contributed by atoms with Crippen molar-refractivity contribution in [3.05, 3.63) is 11.5 Å². The monoisotopic (exact) mass is 253 g/mol. The van der Waals surface area contributed by atoms with Crippen molar-refractivity contribution in [2.75, 3.05) is 19.7 Å². The van der Waals surface area contributed by atoms with Crippen LogP contribution in [0.5, 0.6) is 5.88 Å². The summed E-state index contributed by atoms with van der Waals surface area (Å²) in [6.45, 7) is 4.12. The van der Waals surface area contributed by atoms with Gasteiger partial charge in [0.2, 0.25) is 11.7 Å². The lowest BCUT2D eigenvalue weighted by atomic mass is 10.3. The minimum atomic E-state index is -0.619. The van der Waals surface area contributed by atoms with E-state index in [1.807, 2.05) is 6.92 Å². The molecule has 18 heavy (non-hydrogen) atoms. The number of rotatable bonds is 4. The van der Waals surface area contributed by atoms with Crippen molar-refractivity contribution in [3.63, 3.8) is 0 Å². The fourth-order valence-corrected chi connectivity index (χ4v) is 2.20. The Morgan fingerprint density at radius 1 is 1.61 bits per heavy atom. The SMILES string of the molecule is CCN(CC1CC1)C(=O)c1nn2c(c1F)OCC2. The molecule has 2 heterocycles. The number of nitrogens with zero attached hydrogens (tertiary/aromatic N) is 3. The molecule has 1 aliphatic heterocycles. The molecule has 0 unspecified atom stereocenters. The molecule has 1 amide bonds. The zero-order valence-corrected chi connectivity index (χ0v) is 10.4. The summed E-state index contributed by atoms with van der Waals surface area (Å²) in [6, 6.07) is 0. The highest BCUT2D eigenvalue weighted by molar-refractivity contribution is 5.93. The Morgan fingerprint density at radius 3 is 3.00 bits per heavy atom. The standard InChI is InChI=1S/C12H16FN3O2/c1-2-15(7-8-3-4-8)11(17)10-9(13)12-16(14-10)5-6-18-12/h8H,2-7H2,1H3. The quantitative estimate of drug-likeness (QED) is 0.812. The Bertz CT molecular complexity index is 482. The molecule has 0 aromatic carbocycles. The Labute approximate surface area is 105 Å². The fraction of sp³-hybridized carbons (Fsp3) is 0.667. The van der Waals surface area contributed by atoms with E-state index in [4.69, 9.17) is 4.74 Å². The number of hydrogen-bond acceptors (Lipinski definition) is 3. The summed E-state index contributed by atoms with van der Waals surface area (Å²) in [5, 5.41) is 4.01. The fourth-order valence-electron chi connectivity index (χ4n) is 2.20. The molecule has 1 saturated carbocycles. The van der Waals surface area contributed by atoms with Gasteiger partial charge in [-0.05, 0) is 25.7 Å². The van der Waals surface area contributed by atoms with Crippen LogP contribution in [0.25, 0.3) is 0 Å². The molecule has 3 rings (SSSR count). The number of hydrogen-bond donors (Lipinski definition) is 0. The van der Waals surface area contributed by atoms with Gasteiger partial charge in [0, 0.05) is 13.1 Å². The van der Waals surface area contributed by atoms with Gasteiger partial charge in [0.05, 0.1) is 6.54 Å². The second kappa shape index (κ2) is 4.26. The van der Waals surface area contributed by atoms with Gasteiger partial charge in [-0.1, -0.05) is 0 Å². The molecule has 5 nitrogen and oxygen atoms in total. The highest BCUT2D eigenvalue weighted by Gasteiger charge is 2.32. The lowest BCUT2D eigenvalue weighted by Crippen LogP contribution is -2.33. The molecule has 98 valence electrons. The van der Waals surface area contributed by atoms with Gasteiger partial charge in [-0.3, -0.25) is 4.79 Å². The van der Waals surface area contributed by atoms with E-state index in [0.717, 1.165) is 12.8 Å². The normalized spacial score (nSPS) is 17.4. The second-order valence-corrected chi connectivity index (χ2v) is 4.83. The van der Waals surface area contributed by atoms with E-state index < -0.39 is 5.82 Å². The first-order chi connectivity index (χ1) is 8.70. The first-order valence-corrected chi connectivity index (χ1v) is 6.39. The van der Waals surface area contributed by atoms with E-state index in [-0.39, 0.29) is 17.5 Å². The third kappa shape index (κ3) is 1.85. The Balaban J connectivity index is 1.82. The van der Waals surface area contributed by atoms with Crippen LogP contribution in [-0.4, -0.2) is 40.3 Å². The van der Waals surface area contributed by atoms with Crippen molar-refractivity contribution < 1.29 is 13.9 Å². The van der Waals surface area contributed by atoms with E-state index in [1.54, 1.807) is 4.90 Å². The van der Waals surface area contributed by atoms with Crippen LogP contribution >= 0.6 is 0 Å². The van der Waals surface area contributed by atoms with Gasteiger partial charge in [-0.2, -0.15) is 9.49 Å². The molecular formula is C12H16FN3O2. The second-order valence-electron chi connectivity index (χ2n) is 4.83. The minimum Gasteiger partial charge on any atom is -0.474 e. The number of ether oxygens (including phenoxy) is 1. The number of fused-ring (bicyclic) bond motifs is 1. The topological polar surface area (TPSA) is 47.4 Å². The van der Waals surface area contributed by atoms with E-state index in [9.17, 15) is 9.18 Å². The predicted molar refractivity (Wildman–Crippen MR) is 62.0 cm³/mol. The maximum Gasteiger partial charge on any atom is 0.277 e. The van der Waals surface area contributed by atoms with Crippen LogP contribution in [0.1, 0.15) is 30.3 Å². The summed E-state index contributed by atoms with van der Waals surface area (Å²) in [6.07, 6.45) is 2.32. The molecule has 1 aromatic heterocycles. The van der Waals surface area contributed by atoms with Gasteiger partial charge in [0.25, 0.3) is 5.91 Å². The summed E-state index contributed by atoms with van der Waals surface area (Å²) < 4.78 is 20.5. The molecule has 2 aliphatic rings. The molecular weight excluding hydrogens is 237 g/mol. The average molecular weight is 253 g/mol. The number of carbonyl (C=O) groups is 1. The van der Waals surface area contributed by atoms with Gasteiger partial charge < -0.3 is 9.64 Å². The average Bonchev–Trinajstić information content (AvgIpc) is 2.97. The van der Waals surface area contributed by atoms with Crippen LogP contribution in [0.2, 0.25) is 0 Å². The predicted octanol–water partition coefficient (Wildman–Crippen LogP) is 1.29. The van der Waals surface area contributed by atoms with Crippen LogP contribution in [0.15, 0.2) is 0 Å². The molecule has 0 atom stereocenters. The van der Waals surface area contributed by atoms with Crippen molar-refractivity contribution >= 4 is 5.91 Å². The van der Waals surface area contributed by atoms with Gasteiger partial charge >= 0.3 is 0 Å². The lowest BCUT2D eigenvalue weighted by molar-refractivity contribution is 0.0744. The molecule has 0 bridgehead atoms. The molecule has 0 N–H and O–H groups in total. The maximum atomic E-state index is 14.0. The Morgan fingerprint density at radius 2 is 2.39 bits per heavy atom. The molecule has 1 aromatic rings. The van der Waals surface area contributed by atoms with Crippen molar-refractivity contribution in [1.29, 1.82) is 0 Å². The Kier molecular flexibility index (Phi) is 2.72. The third-order valence-corrected chi connectivity index (χ3v) is 3.44. The third-order valence-electron chi connectivity index (χ3n) is 3.44. The van der Waals surface area contributed by atoms with Gasteiger partial charge in [0.15, 0.2) is 5.69 Å². The maximum absolute atomic E-state index is 14.0. The number of amides is 1. The molecule has 1 fully saturated rings. The number of carbonyl (C=O) groups excluding carboxylic acids is 1. The van der Waals surface area contributed by atoms with E-state index in [2.05, 4.69) is 5.10 Å². The smallest absolute Gasteiger partial charge is 0.277 e. The van der Waals surface area contributed by atoms with Crippen LogP contribution in [0, 0.1) is 11.7 Å². The summed E-state index contributed by atoms with van der Waals surface area (Å²) in [4.78, 5) is 13.9. The van der Waals surface area contributed by atoms with Crippen molar-refractivity contribution in [2.45, 2.75) is 26.3 Å². The van der Waals surface area contributed by atoms with E-state index >= 15 is 0 Å². The summed E-state index contributed by atoms with van der Waals surface area (Å²) in [7, 11) is 0. The van der Waals surface area contributed by atoms with Crippen LogP contribution in [0.4, 0.5) is 4.39 Å². The number of aromatic nitrogens is 2. The molecule has 0 saturated heterocycles. The number of halogens is 1. The van der Waals surface area contributed by atoms with Crippen LogP contribution in [-0.2, 0) is 6.54 Å². The minimum absolute atomic E-state index is 0.0980. The van der Waals surface area contributed by atoms with Crippen LogP contribution in [0.3, 0.4) is 0 Å². The lowest BCUT2D eigenvalue weighted by Gasteiger charge is -2.19. The molecule has 0 spiro atoms. The highest BCUT2D eigenvalue weighted by Crippen LogP contribution is 2.31. The zero-order valence-electron chi connectivity index (χ0n) is 10.4. The van der Waals surface area contributed by atoms with Crippen molar-refractivity contribution in [2.24, 2.45) is 5.92 Å². The van der Waals surface area contributed by atoms with Gasteiger partial charge in [-0.15, -0.1) is 0 Å². The summed E-state index contributed by atoms with van der Waals surface area (Å²) in [5.74, 6) is -0.261. The Hall–Kier alpha value is -1.59. The zero-order chi connectivity index (χ0) is 12.7. The molecule has 0 radical (unpaired) electrons. The molecule has 1 aliphatic carbocycles. The van der Waals surface area contributed by atoms with E-state index in [1.165, 1.54) is 4.68 Å². The van der Waals surface area contributed by atoms with Crippen LogP contribution < -0.4 is 4.74 Å². The summed E-state index contributed by atoms with van der Waals surface area (Å²) in [5.41, 5.74) is -0.104. The molecule has 6 heteroatoms. The highest BCUT2D eigenvalue weighted by atomic mass is 19.1. The van der Waals surface area contributed by atoms with Gasteiger partial charge in [-0.25, -0.2) is 4.68 Å². The summed E-state index contributed by atoms with van der Waals surface area (Å²) >= 11 is 0. The first-order valence-electron chi connectivity index (χ1n) is 6.39. The first kappa shape index (κ1) is 11.5. The van der Waals surface area contributed by atoms with E-state index in [0.29, 0.717) is 32.2 Å².